The summed E-state index contributed by atoms with van der Waals surface area (Å²) in [5, 5.41) is 9.26. The maximum atomic E-state index is 13.2. The minimum Gasteiger partial charge on any atom is -0.391 e. The molecule has 0 saturated carbocycles. The lowest BCUT2D eigenvalue weighted by molar-refractivity contribution is 0.0760. The van der Waals surface area contributed by atoms with E-state index in [0.717, 1.165) is 6.20 Å². The highest BCUT2D eigenvalue weighted by Crippen LogP contribution is 2.14. The van der Waals surface area contributed by atoms with Gasteiger partial charge in [-0.3, -0.25) is 9.78 Å². The normalized spacial score (nSPS) is 20.7. The molecule has 0 bridgehead atoms. The Balaban J connectivity index is 2.18. The molecule has 80 valence electrons. The monoisotopic (exact) mass is 210 g/mol. The van der Waals surface area contributed by atoms with Gasteiger partial charge in [0, 0.05) is 19.3 Å². The summed E-state index contributed by atoms with van der Waals surface area (Å²) in [4.78, 5) is 16.8. The van der Waals surface area contributed by atoms with Crippen LogP contribution in [-0.4, -0.2) is 40.1 Å². The summed E-state index contributed by atoms with van der Waals surface area (Å²) in [5.74, 6) is -1.00. The third-order valence-corrected chi connectivity index (χ3v) is 2.45. The fourth-order valence-corrected chi connectivity index (χ4v) is 1.65. The average Bonchev–Trinajstić information content (AvgIpc) is 2.65. The third kappa shape index (κ3) is 1.97. The number of halogens is 1. The molecule has 1 aromatic heterocycles. The Kier molecular flexibility index (Phi) is 2.64. The van der Waals surface area contributed by atoms with Crippen molar-refractivity contribution in [3.63, 3.8) is 0 Å². The number of carbonyl (C=O) groups is 1. The molecule has 1 saturated heterocycles. The first-order chi connectivity index (χ1) is 7.18. The van der Waals surface area contributed by atoms with Gasteiger partial charge in [-0.25, -0.2) is 4.39 Å². The van der Waals surface area contributed by atoms with Crippen LogP contribution in [0.3, 0.4) is 0 Å². The highest BCUT2D eigenvalue weighted by molar-refractivity contribution is 5.94. The topological polar surface area (TPSA) is 53.4 Å². The van der Waals surface area contributed by atoms with E-state index in [1.807, 2.05) is 0 Å². The zero-order valence-corrected chi connectivity index (χ0v) is 8.06. The first kappa shape index (κ1) is 10.0. The van der Waals surface area contributed by atoms with Crippen molar-refractivity contribution in [1.82, 2.24) is 9.88 Å². The number of aliphatic hydroxyl groups is 1. The fourth-order valence-electron chi connectivity index (χ4n) is 1.65. The fraction of sp³-hybridized carbons (Fsp3) is 0.400. The second-order valence-electron chi connectivity index (χ2n) is 3.55. The Bertz CT molecular complexity index is 383. The van der Waals surface area contributed by atoms with E-state index in [0.29, 0.717) is 13.0 Å². The molecule has 0 spiro atoms. The molecule has 0 radical (unpaired) electrons. The smallest absolute Gasteiger partial charge is 0.257 e. The first-order valence-corrected chi connectivity index (χ1v) is 4.75. The van der Waals surface area contributed by atoms with Crippen LogP contribution in [0.25, 0.3) is 0 Å². The molecule has 4 nitrogen and oxygen atoms in total. The van der Waals surface area contributed by atoms with E-state index in [4.69, 9.17) is 0 Å². The molecule has 1 N–H and O–H groups in total. The van der Waals surface area contributed by atoms with Gasteiger partial charge in [0.05, 0.1) is 17.9 Å². The van der Waals surface area contributed by atoms with E-state index in [1.165, 1.54) is 17.2 Å². The summed E-state index contributed by atoms with van der Waals surface area (Å²) in [5.41, 5.74) is 0.0131. The molecule has 0 aromatic carbocycles. The van der Waals surface area contributed by atoms with Gasteiger partial charge in [-0.2, -0.15) is 0 Å². The number of rotatable bonds is 1. The van der Waals surface area contributed by atoms with Crippen LogP contribution in [0.2, 0.25) is 0 Å². The second-order valence-corrected chi connectivity index (χ2v) is 3.55. The largest absolute Gasteiger partial charge is 0.391 e. The Morgan fingerprint density at radius 3 is 3.07 bits per heavy atom. The Morgan fingerprint density at radius 1 is 1.67 bits per heavy atom. The summed E-state index contributed by atoms with van der Waals surface area (Å²) in [6.45, 7) is 0.752. The maximum Gasteiger partial charge on any atom is 0.257 e. The van der Waals surface area contributed by atoms with Crippen LogP contribution in [0.4, 0.5) is 4.39 Å². The Labute approximate surface area is 86.4 Å². The molecule has 15 heavy (non-hydrogen) atoms. The Hall–Kier alpha value is -1.49. The zero-order valence-electron chi connectivity index (χ0n) is 8.06. The summed E-state index contributed by atoms with van der Waals surface area (Å²) < 4.78 is 13.2. The van der Waals surface area contributed by atoms with Crippen molar-refractivity contribution in [3.8, 4) is 0 Å². The lowest BCUT2D eigenvalue weighted by atomic mass is 10.2. The van der Waals surface area contributed by atoms with Crippen LogP contribution >= 0.6 is 0 Å². The highest BCUT2D eigenvalue weighted by atomic mass is 19.1. The van der Waals surface area contributed by atoms with Crippen molar-refractivity contribution in [2.75, 3.05) is 13.1 Å². The molecule has 1 fully saturated rings. The highest BCUT2D eigenvalue weighted by Gasteiger charge is 2.26. The number of pyridine rings is 1. The zero-order chi connectivity index (χ0) is 10.8. The number of nitrogens with zero attached hydrogens (tertiary/aromatic N) is 2. The predicted octanol–water partition coefficient (Wildman–Crippen LogP) is 0.428. The van der Waals surface area contributed by atoms with Gasteiger partial charge >= 0.3 is 0 Å². The number of aromatic nitrogens is 1. The van der Waals surface area contributed by atoms with E-state index >= 15 is 0 Å². The van der Waals surface area contributed by atoms with Crippen molar-refractivity contribution in [1.29, 1.82) is 0 Å². The molecule has 1 aliphatic heterocycles. The van der Waals surface area contributed by atoms with Crippen LogP contribution in [0.1, 0.15) is 16.8 Å². The number of β-amino-alcohol motifs (C(OH)–C–C–N with tert-alkyl or cyclic N) is 1. The summed E-state index contributed by atoms with van der Waals surface area (Å²) >= 11 is 0. The molecule has 1 amide bonds. The summed E-state index contributed by atoms with van der Waals surface area (Å²) in [6.07, 6.45) is 2.46. The van der Waals surface area contributed by atoms with Gasteiger partial charge in [-0.05, 0) is 12.5 Å². The van der Waals surface area contributed by atoms with E-state index in [2.05, 4.69) is 4.98 Å². The van der Waals surface area contributed by atoms with Crippen molar-refractivity contribution in [2.24, 2.45) is 0 Å². The molecule has 1 unspecified atom stereocenters. The average molecular weight is 210 g/mol. The second kappa shape index (κ2) is 3.94. The van der Waals surface area contributed by atoms with Gasteiger partial charge in [0.25, 0.3) is 5.91 Å². The van der Waals surface area contributed by atoms with Gasteiger partial charge in [0.15, 0.2) is 5.82 Å². The molecule has 2 rings (SSSR count). The quantitative estimate of drug-likeness (QED) is 0.731. The van der Waals surface area contributed by atoms with Gasteiger partial charge < -0.3 is 10.0 Å². The van der Waals surface area contributed by atoms with Crippen molar-refractivity contribution in [3.05, 3.63) is 29.8 Å². The summed E-state index contributed by atoms with van der Waals surface area (Å²) in [6, 6.07) is 1.35. The standard InChI is InChI=1S/C10H11FN2O2/c11-9-5-12-3-1-8(9)10(15)13-4-2-7(14)6-13/h1,3,5,7,14H,2,4,6H2. The molecule has 1 atom stereocenters. The number of hydrogen-bond donors (Lipinski definition) is 1. The van der Waals surface area contributed by atoms with Crippen LogP contribution in [0.15, 0.2) is 18.5 Å². The van der Waals surface area contributed by atoms with E-state index in [-0.39, 0.29) is 18.0 Å². The predicted molar refractivity (Wildman–Crippen MR) is 50.7 cm³/mol. The molecule has 1 aliphatic rings. The van der Waals surface area contributed by atoms with Crippen LogP contribution in [-0.2, 0) is 0 Å². The first-order valence-electron chi connectivity index (χ1n) is 4.75. The summed E-state index contributed by atoms with van der Waals surface area (Å²) in [7, 11) is 0. The van der Waals surface area contributed by atoms with Crippen LogP contribution < -0.4 is 0 Å². The molecule has 0 aliphatic carbocycles. The molecule has 1 aromatic rings. The van der Waals surface area contributed by atoms with Crippen molar-refractivity contribution < 1.29 is 14.3 Å². The van der Waals surface area contributed by atoms with Crippen molar-refractivity contribution in [2.45, 2.75) is 12.5 Å². The third-order valence-electron chi connectivity index (χ3n) is 2.45. The molecule has 2 heterocycles. The van der Waals surface area contributed by atoms with Gasteiger partial charge in [-0.15, -0.1) is 0 Å². The van der Waals surface area contributed by atoms with E-state index in [1.54, 1.807) is 0 Å². The lowest BCUT2D eigenvalue weighted by Gasteiger charge is -2.15. The lowest BCUT2D eigenvalue weighted by Crippen LogP contribution is -2.30. The molecule has 5 heteroatoms. The number of hydrogen-bond acceptors (Lipinski definition) is 3. The molecular weight excluding hydrogens is 199 g/mol. The SMILES string of the molecule is O=C(c1ccncc1F)N1CCC(O)C1. The van der Waals surface area contributed by atoms with Crippen LogP contribution in [0, 0.1) is 5.82 Å². The molecular formula is C10H11FN2O2. The number of aliphatic hydroxyl groups excluding tert-OH is 1. The van der Waals surface area contributed by atoms with Gasteiger partial charge in [-0.1, -0.05) is 0 Å². The number of likely N-dealkylation sites (tertiary alicyclic amines) is 1. The van der Waals surface area contributed by atoms with E-state index in [9.17, 15) is 14.3 Å². The van der Waals surface area contributed by atoms with Gasteiger partial charge in [0.1, 0.15) is 0 Å². The Morgan fingerprint density at radius 2 is 2.47 bits per heavy atom. The minimum absolute atomic E-state index is 0.0131. The number of carbonyl (C=O) groups excluding carboxylic acids is 1. The maximum absolute atomic E-state index is 13.2. The van der Waals surface area contributed by atoms with Crippen molar-refractivity contribution >= 4 is 5.91 Å². The van der Waals surface area contributed by atoms with E-state index < -0.39 is 11.9 Å². The minimum atomic E-state index is -0.621. The number of amides is 1. The van der Waals surface area contributed by atoms with Gasteiger partial charge in [0.2, 0.25) is 0 Å². The van der Waals surface area contributed by atoms with Crippen LogP contribution in [0.5, 0.6) is 0 Å².